The lowest BCUT2D eigenvalue weighted by Gasteiger charge is -2.26. The number of carbonyl (C=O) groups is 1. The summed E-state index contributed by atoms with van der Waals surface area (Å²) in [6.45, 7) is 6.70. The maximum atomic E-state index is 11.9. The smallest absolute Gasteiger partial charge is 0.263 e. The molecule has 0 aliphatic heterocycles. The molecule has 3 N–H and O–H groups in total. The van der Waals surface area contributed by atoms with Crippen molar-refractivity contribution in [2.75, 3.05) is 6.54 Å². The molecule has 0 spiro atoms. The Morgan fingerprint density at radius 2 is 2.11 bits per heavy atom. The predicted octanol–water partition coefficient (Wildman–Crippen LogP) is 2.34. The van der Waals surface area contributed by atoms with E-state index in [1.165, 1.54) is 11.3 Å². The van der Waals surface area contributed by atoms with Gasteiger partial charge in [-0.2, -0.15) is 0 Å². The number of thiazole rings is 1. The van der Waals surface area contributed by atoms with Gasteiger partial charge in [-0.05, 0) is 25.7 Å². The van der Waals surface area contributed by atoms with Crippen molar-refractivity contribution in [2.45, 2.75) is 52.0 Å². The molecule has 0 bridgehead atoms. The largest absolute Gasteiger partial charge is 0.349 e. The minimum absolute atomic E-state index is 0.0634. The zero-order valence-electron chi connectivity index (χ0n) is 11.5. The van der Waals surface area contributed by atoms with Gasteiger partial charge >= 0.3 is 0 Å². The summed E-state index contributed by atoms with van der Waals surface area (Å²) in [6.07, 6.45) is 5.34. The monoisotopic (exact) mass is 269 g/mol. The van der Waals surface area contributed by atoms with E-state index in [1.807, 2.05) is 13.8 Å². The molecule has 0 saturated heterocycles. The first-order valence-electron chi connectivity index (χ1n) is 6.56. The Hall–Kier alpha value is -0.940. The number of aryl methyl sites for hydroxylation is 1. The molecule has 5 heteroatoms. The minimum atomic E-state index is -0.299. The summed E-state index contributed by atoms with van der Waals surface area (Å²) in [7, 11) is 0. The topological polar surface area (TPSA) is 68.0 Å². The summed E-state index contributed by atoms with van der Waals surface area (Å²) < 4.78 is 0. The van der Waals surface area contributed by atoms with Crippen LogP contribution in [0.4, 0.5) is 0 Å². The third kappa shape index (κ3) is 4.07. The molecule has 0 atom stereocenters. The van der Waals surface area contributed by atoms with E-state index in [-0.39, 0.29) is 11.4 Å². The first-order chi connectivity index (χ1) is 8.54. The van der Waals surface area contributed by atoms with Crippen molar-refractivity contribution >= 4 is 17.2 Å². The van der Waals surface area contributed by atoms with Crippen molar-refractivity contribution < 1.29 is 4.79 Å². The molecule has 0 radical (unpaired) electrons. The Labute approximate surface area is 113 Å². The summed E-state index contributed by atoms with van der Waals surface area (Å²) >= 11 is 1.47. The minimum Gasteiger partial charge on any atom is -0.349 e. The highest BCUT2D eigenvalue weighted by atomic mass is 32.1. The van der Waals surface area contributed by atoms with Crippen molar-refractivity contribution in [3.05, 3.63) is 16.1 Å². The van der Waals surface area contributed by atoms with Gasteiger partial charge in [0.1, 0.15) is 4.88 Å². The van der Waals surface area contributed by atoms with Gasteiger partial charge in [-0.25, -0.2) is 4.98 Å². The van der Waals surface area contributed by atoms with Crippen LogP contribution >= 0.6 is 11.3 Å². The molecule has 102 valence electrons. The van der Waals surface area contributed by atoms with Gasteiger partial charge in [-0.3, -0.25) is 4.79 Å². The third-order valence-corrected chi connectivity index (χ3v) is 4.31. The van der Waals surface area contributed by atoms with E-state index < -0.39 is 0 Å². The second-order valence-corrected chi connectivity index (χ2v) is 5.74. The fraction of sp³-hybridized carbons (Fsp3) is 0.692. The number of nitrogens with zero attached hydrogens (tertiary/aromatic N) is 1. The van der Waals surface area contributed by atoms with Crippen LogP contribution in [0.15, 0.2) is 6.20 Å². The predicted molar refractivity (Wildman–Crippen MR) is 75.9 cm³/mol. The number of rotatable bonds is 7. The molecule has 0 aliphatic rings. The van der Waals surface area contributed by atoms with Gasteiger partial charge in [0.05, 0.1) is 11.2 Å². The lowest BCUT2D eigenvalue weighted by Crippen LogP contribution is -2.49. The van der Waals surface area contributed by atoms with Crippen molar-refractivity contribution in [1.29, 1.82) is 0 Å². The second kappa shape index (κ2) is 6.85. The summed E-state index contributed by atoms with van der Waals surface area (Å²) in [5, 5.41) is 3.92. The molecule has 1 amide bonds. The average Bonchev–Trinajstić information content (AvgIpc) is 2.85. The van der Waals surface area contributed by atoms with E-state index in [0.717, 1.165) is 30.7 Å². The van der Waals surface area contributed by atoms with Crippen LogP contribution in [0, 0.1) is 0 Å². The standard InChI is InChI=1S/C13H23N3OS/c1-4-7-11-15-8-10(18-11)12(17)16-9-13(14,5-2)6-3/h8H,4-7,9,14H2,1-3H3,(H,16,17). The summed E-state index contributed by atoms with van der Waals surface area (Å²) in [5.74, 6) is -0.0634. The maximum Gasteiger partial charge on any atom is 0.263 e. The van der Waals surface area contributed by atoms with Gasteiger partial charge in [0.15, 0.2) is 0 Å². The van der Waals surface area contributed by atoms with Crippen LogP contribution in [-0.4, -0.2) is 23.0 Å². The molecule has 4 nitrogen and oxygen atoms in total. The highest BCUT2D eigenvalue weighted by molar-refractivity contribution is 7.13. The fourth-order valence-electron chi connectivity index (χ4n) is 1.59. The van der Waals surface area contributed by atoms with E-state index in [2.05, 4.69) is 17.2 Å². The quantitative estimate of drug-likeness (QED) is 0.798. The normalized spacial score (nSPS) is 11.6. The molecule has 1 aromatic rings. The Balaban J connectivity index is 2.54. The molecule has 0 unspecified atom stereocenters. The Morgan fingerprint density at radius 3 is 2.67 bits per heavy atom. The highest BCUT2D eigenvalue weighted by Crippen LogP contribution is 2.15. The van der Waals surface area contributed by atoms with Crippen molar-refractivity contribution in [3.63, 3.8) is 0 Å². The van der Waals surface area contributed by atoms with Gasteiger partial charge in [-0.15, -0.1) is 11.3 Å². The first kappa shape index (κ1) is 15.1. The fourth-order valence-corrected chi connectivity index (χ4v) is 2.52. The van der Waals surface area contributed by atoms with Crippen molar-refractivity contribution in [2.24, 2.45) is 5.73 Å². The molecule has 0 aromatic carbocycles. The van der Waals surface area contributed by atoms with Gasteiger partial charge in [0.25, 0.3) is 5.91 Å². The molecule has 1 aromatic heterocycles. The van der Waals surface area contributed by atoms with Crippen LogP contribution in [0.1, 0.15) is 54.7 Å². The molecule has 18 heavy (non-hydrogen) atoms. The number of hydrogen-bond donors (Lipinski definition) is 2. The Kier molecular flexibility index (Phi) is 5.75. The number of nitrogens with one attached hydrogen (secondary N) is 1. The zero-order chi connectivity index (χ0) is 13.6. The number of carbonyl (C=O) groups excluding carboxylic acids is 1. The summed E-state index contributed by atoms with van der Waals surface area (Å²) in [5.41, 5.74) is 5.85. The van der Waals surface area contributed by atoms with Crippen LogP contribution in [-0.2, 0) is 6.42 Å². The van der Waals surface area contributed by atoms with Crippen LogP contribution in [0.3, 0.4) is 0 Å². The first-order valence-corrected chi connectivity index (χ1v) is 7.38. The van der Waals surface area contributed by atoms with E-state index >= 15 is 0 Å². The van der Waals surface area contributed by atoms with E-state index in [0.29, 0.717) is 11.4 Å². The third-order valence-electron chi connectivity index (χ3n) is 3.25. The number of amides is 1. The molecule has 0 aliphatic carbocycles. The highest BCUT2D eigenvalue weighted by Gasteiger charge is 2.21. The van der Waals surface area contributed by atoms with Crippen LogP contribution in [0.25, 0.3) is 0 Å². The van der Waals surface area contributed by atoms with E-state index in [9.17, 15) is 4.79 Å². The molecule has 1 heterocycles. The van der Waals surface area contributed by atoms with Gasteiger partial charge in [0.2, 0.25) is 0 Å². The van der Waals surface area contributed by atoms with Gasteiger partial charge in [0, 0.05) is 12.1 Å². The molecular weight excluding hydrogens is 246 g/mol. The number of hydrogen-bond acceptors (Lipinski definition) is 4. The summed E-state index contributed by atoms with van der Waals surface area (Å²) in [4.78, 5) is 16.9. The SMILES string of the molecule is CCCc1ncc(C(=O)NCC(N)(CC)CC)s1. The van der Waals surface area contributed by atoms with Crippen molar-refractivity contribution in [1.82, 2.24) is 10.3 Å². The lowest BCUT2D eigenvalue weighted by molar-refractivity contribution is 0.0946. The second-order valence-electron chi connectivity index (χ2n) is 4.62. The van der Waals surface area contributed by atoms with E-state index in [1.54, 1.807) is 6.20 Å². The van der Waals surface area contributed by atoms with Crippen LogP contribution in [0.5, 0.6) is 0 Å². The maximum absolute atomic E-state index is 11.9. The van der Waals surface area contributed by atoms with Crippen LogP contribution < -0.4 is 11.1 Å². The Bertz CT molecular complexity index is 385. The zero-order valence-corrected chi connectivity index (χ0v) is 12.3. The van der Waals surface area contributed by atoms with Crippen LogP contribution in [0.2, 0.25) is 0 Å². The molecular formula is C13H23N3OS. The number of nitrogens with two attached hydrogens (primary N) is 1. The average molecular weight is 269 g/mol. The lowest BCUT2D eigenvalue weighted by atomic mass is 9.94. The van der Waals surface area contributed by atoms with Gasteiger partial charge < -0.3 is 11.1 Å². The molecule has 0 fully saturated rings. The molecule has 0 saturated carbocycles. The van der Waals surface area contributed by atoms with Gasteiger partial charge in [-0.1, -0.05) is 20.8 Å². The Morgan fingerprint density at radius 1 is 1.44 bits per heavy atom. The summed E-state index contributed by atoms with van der Waals surface area (Å²) in [6, 6.07) is 0. The van der Waals surface area contributed by atoms with E-state index in [4.69, 9.17) is 5.73 Å². The molecule has 1 rings (SSSR count). The number of aromatic nitrogens is 1. The van der Waals surface area contributed by atoms with Crippen molar-refractivity contribution in [3.8, 4) is 0 Å².